The van der Waals surface area contributed by atoms with Gasteiger partial charge in [0.1, 0.15) is 0 Å². The van der Waals surface area contributed by atoms with E-state index >= 15 is 0 Å². The Morgan fingerprint density at radius 3 is 2.58 bits per heavy atom. The normalized spacial score (nSPS) is 31.2. The first kappa shape index (κ1) is 13.5. The lowest BCUT2D eigenvalue weighted by atomic mass is 9.82. The molecule has 104 valence electrons. The minimum absolute atomic E-state index is 0.578. The van der Waals surface area contributed by atoms with Gasteiger partial charge in [0, 0.05) is 21.7 Å². The van der Waals surface area contributed by atoms with Gasteiger partial charge in [-0.25, -0.2) is 0 Å². The standard InChI is InChI=1S/C15H22IN3/c1-19-12-3-2-4-13(19)9-11(8-12)18-15-6-5-10(16)7-14(15)17/h5-7,11-13,18H,2-4,8-9,17H2,1H3. The number of hydrogen-bond acceptors (Lipinski definition) is 3. The van der Waals surface area contributed by atoms with Crippen molar-refractivity contribution in [3.8, 4) is 0 Å². The van der Waals surface area contributed by atoms with Gasteiger partial charge in [-0.3, -0.25) is 0 Å². The predicted molar refractivity (Wildman–Crippen MR) is 89.4 cm³/mol. The second kappa shape index (κ2) is 5.48. The molecule has 0 spiro atoms. The first-order valence-corrected chi connectivity index (χ1v) is 8.25. The largest absolute Gasteiger partial charge is 0.397 e. The zero-order valence-electron chi connectivity index (χ0n) is 11.4. The Balaban J connectivity index is 1.70. The Bertz CT molecular complexity index is 449. The first-order chi connectivity index (χ1) is 9.13. The van der Waals surface area contributed by atoms with Gasteiger partial charge in [0.15, 0.2) is 0 Å². The van der Waals surface area contributed by atoms with Gasteiger partial charge >= 0.3 is 0 Å². The number of nitrogens with two attached hydrogens (primary N) is 1. The van der Waals surface area contributed by atoms with Crippen molar-refractivity contribution in [1.29, 1.82) is 0 Å². The lowest BCUT2D eigenvalue weighted by molar-refractivity contribution is 0.0608. The van der Waals surface area contributed by atoms with Crippen LogP contribution in [0.5, 0.6) is 0 Å². The Hall–Kier alpha value is -0.490. The van der Waals surface area contributed by atoms with Gasteiger partial charge in [-0.1, -0.05) is 6.42 Å². The van der Waals surface area contributed by atoms with Gasteiger partial charge in [-0.05, 0) is 73.5 Å². The highest BCUT2D eigenvalue weighted by molar-refractivity contribution is 14.1. The van der Waals surface area contributed by atoms with E-state index in [0.717, 1.165) is 23.5 Å². The zero-order valence-corrected chi connectivity index (χ0v) is 13.6. The fourth-order valence-electron chi connectivity index (χ4n) is 3.62. The van der Waals surface area contributed by atoms with Crippen LogP contribution in [0.4, 0.5) is 11.4 Å². The van der Waals surface area contributed by atoms with Crippen LogP contribution in [0.3, 0.4) is 0 Å². The monoisotopic (exact) mass is 371 g/mol. The molecule has 2 atom stereocenters. The molecule has 0 amide bonds. The molecule has 0 saturated carbocycles. The van der Waals surface area contributed by atoms with Crippen molar-refractivity contribution >= 4 is 34.0 Å². The topological polar surface area (TPSA) is 41.3 Å². The van der Waals surface area contributed by atoms with E-state index in [1.54, 1.807) is 0 Å². The van der Waals surface area contributed by atoms with Crippen LogP contribution in [-0.4, -0.2) is 30.1 Å². The lowest BCUT2D eigenvalue weighted by Gasteiger charge is -2.47. The van der Waals surface area contributed by atoms with E-state index in [0.29, 0.717) is 6.04 Å². The van der Waals surface area contributed by atoms with Gasteiger partial charge in [0.2, 0.25) is 0 Å². The summed E-state index contributed by atoms with van der Waals surface area (Å²) in [7, 11) is 2.30. The average molecular weight is 371 g/mol. The molecule has 0 radical (unpaired) electrons. The van der Waals surface area contributed by atoms with Crippen LogP contribution in [-0.2, 0) is 0 Å². The third-order valence-corrected chi connectivity index (χ3v) is 5.38. The fraction of sp³-hybridized carbons (Fsp3) is 0.600. The summed E-state index contributed by atoms with van der Waals surface area (Å²) in [5, 5.41) is 3.67. The Labute approximate surface area is 129 Å². The molecular formula is C15H22IN3. The van der Waals surface area contributed by atoms with Crippen LogP contribution in [0, 0.1) is 3.57 Å². The van der Waals surface area contributed by atoms with Crippen LogP contribution in [0.2, 0.25) is 0 Å². The van der Waals surface area contributed by atoms with E-state index in [2.05, 4.69) is 52.0 Å². The van der Waals surface area contributed by atoms with Gasteiger partial charge < -0.3 is 16.0 Å². The van der Waals surface area contributed by atoms with E-state index in [-0.39, 0.29) is 0 Å². The number of rotatable bonds is 2. The minimum atomic E-state index is 0.578. The molecule has 1 aromatic carbocycles. The molecule has 2 bridgehead atoms. The number of anilines is 2. The van der Waals surface area contributed by atoms with Crippen LogP contribution in [0.25, 0.3) is 0 Å². The third kappa shape index (κ3) is 2.84. The second-order valence-electron chi connectivity index (χ2n) is 5.95. The Morgan fingerprint density at radius 2 is 1.95 bits per heavy atom. The molecule has 0 aliphatic carbocycles. The number of nitrogens with zero attached hydrogens (tertiary/aromatic N) is 1. The summed E-state index contributed by atoms with van der Waals surface area (Å²) in [6.07, 6.45) is 6.61. The molecule has 1 aromatic rings. The lowest BCUT2D eigenvalue weighted by Crippen LogP contribution is -2.52. The number of hydrogen-bond donors (Lipinski definition) is 2. The average Bonchev–Trinajstić information content (AvgIpc) is 2.34. The summed E-state index contributed by atoms with van der Waals surface area (Å²) < 4.78 is 1.20. The van der Waals surface area contributed by atoms with Crippen molar-refractivity contribution in [2.24, 2.45) is 0 Å². The van der Waals surface area contributed by atoms with Crippen molar-refractivity contribution in [2.75, 3.05) is 18.1 Å². The van der Waals surface area contributed by atoms with Crippen LogP contribution in [0.1, 0.15) is 32.1 Å². The number of piperidine rings is 2. The number of nitrogens with one attached hydrogen (secondary N) is 1. The van der Waals surface area contributed by atoms with E-state index in [9.17, 15) is 0 Å². The molecule has 2 aliphatic heterocycles. The maximum absolute atomic E-state index is 6.10. The van der Waals surface area contributed by atoms with Gasteiger partial charge in [-0.2, -0.15) is 0 Å². The summed E-state index contributed by atoms with van der Waals surface area (Å²) in [6.45, 7) is 0. The molecule has 2 heterocycles. The highest BCUT2D eigenvalue weighted by Crippen LogP contribution is 2.34. The van der Waals surface area contributed by atoms with E-state index in [1.165, 1.54) is 35.7 Å². The predicted octanol–water partition coefficient (Wildman–Crippen LogP) is 3.30. The second-order valence-corrected chi connectivity index (χ2v) is 7.19. The highest BCUT2D eigenvalue weighted by Gasteiger charge is 2.35. The Kier molecular flexibility index (Phi) is 3.89. The van der Waals surface area contributed by atoms with E-state index in [1.807, 2.05) is 6.07 Å². The number of fused-ring (bicyclic) bond motifs is 2. The van der Waals surface area contributed by atoms with Crippen molar-refractivity contribution in [3.05, 3.63) is 21.8 Å². The van der Waals surface area contributed by atoms with Crippen LogP contribution in [0.15, 0.2) is 18.2 Å². The highest BCUT2D eigenvalue weighted by atomic mass is 127. The summed E-state index contributed by atoms with van der Waals surface area (Å²) in [4.78, 5) is 2.60. The van der Waals surface area contributed by atoms with Gasteiger partial charge in [0.05, 0.1) is 11.4 Å². The van der Waals surface area contributed by atoms with Crippen molar-refractivity contribution in [1.82, 2.24) is 4.90 Å². The SMILES string of the molecule is CN1C2CCCC1CC(Nc1ccc(I)cc1N)C2. The molecule has 19 heavy (non-hydrogen) atoms. The molecule has 0 aromatic heterocycles. The Morgan fingerprint density at radius 1 is 1.26 bits per heavy atom. The molecule has 3 rings (SSSR count). The van der Waals surface area contributed by atoms with Crippen LogP contribution < -0.4 is 11.1 Å². The molecular weight excluding hydrogens is 349 g/mol. The van der Waals surface area contributed by atoms with Gasteiger partial charge in [-0.15, -0.1) is 0 Å². The maximum Gasteiger partial charge on any atom is 0.0576 e. The number of nitrogen functional groups attached to an aromatic ring is 1. The summed E-state index contributed by atoms with van der Waals surface area (Å²) in [5.74, 6) is 0. The summed E-state index contributed by atoms with van der Waals surface area (Å²) in [5.41, 5.74) is 8.08. The number of halogens is 1. The molecule has 4 heteroatoms. The molecule has 2 unspecified atom stereocenters. The molecule has 2 saturated heterocycles. The van der Waals surface area contributed by atoms with Gasteiger partial charge in [0.25, 0.3) is 0 Å². The van der Waals surface area contributed by atoms with E-state index in [4.69, 9.17) is 5.73 Å². The number of benzene rings is 1. The van der Waals surface area contributed by atoms with E-state index < -0.39 is 0 Å². The van der Waals surface area contributed by atoms with Crippen molar-refractivity contribution < 1.29 is 0 Å². The van der Waals surface area contributed by atoms with Crippen molar-refractivity contribution in [2.45, 2.75) is 50.2 Å². The molecule has 2 aliphatic rings. The maximum atomic E-state index is 6.10. The smallest absolute Gasteiger partial charge is 0.0576 e. The third-order valence-electron chi connectivity index (χ3n) is 4.71. The molecule has 3 N–H and O–H groups in total. The van der Waals surface area contributed by atoms with Crippen molar-refractivity contribution in [3.63, 3.8) is 0 Å². The molecule has 3 nitrogen and oxygen atoms in total. The zero-order chi connectivity index (χ0) is 13.4. The fourth-order valence-corrected chi connectivity index (χ4v) is 4.13. The summed E-state index contributed by atoms with van der Waals surface area (Å²) in [6, 6.07) is 8.37. The van der Waals surface area contributed by atoms with Crippen LogP contribution >= 0.6 is 22.6 Å². The summed E-state index contributed by atoms with van der Waals surface area (Å²) >= 11 is 2.30. The minimum Gasteiger partial charge on any atom is -0.397 e. The molecule has 2 fully saturated rings. The quantitative estimate of drug-likeness (QED) is 0.619. The first-order valence-electron chi connectivity index (χ1n) is 7.17.